The van der Waals surface area contributed by atoms with Crippen LogP contribution in [0.25, 0.3) is 0 Å². The number of anilines is 2. The van der Waals surface area contributed by atoms with Crippen molar-refractivity contribution in [2.45, 2.75) is 13.8 Å². The van der Waals surface area contributed by atoms with Gasteiger partial charge in [0.05, 0.1) is 0 Å². The molecule has 0 bridgehead atoms. The number of nitrogens with zero attached hydrogens (tertiary/aromatic N) is 2. The maximum Gasteiger partial charge on any atom is 0.354 e. The van der Waals surface area contributed by atoms with E-state index in [1.165, 1.54) is 12.4 Å². The molecule has 0 unspecified atom stereocenters. The largest absolute Gasteiger partial charge is 0.477 e. The number of carbonyl (C=O) groups is 1. The average Bonchev–Trinajstić information content (AvgIpc) is 2.34. The molecule has 1 aromatic heterocycles. The summed E-state index contributed by atoms with van der Waals surface area (Å²) in [6.45, 7) is 3.97. The van der Waals surface area contributed by atoms with Gasteiger partial charge >= 0.3 is 5.97 Å². The molecule has 18 heavy (non-hydrogen) atoms. The summed E-state index contributed by atoms with van der Waals surface area (Å²) in [5.41, 5.74) is 3.06. The van der Waals surface area contributed by atoms with Crippen molar-refractivity contribution in [2.24, 2.45) is 0 Å². The Balaban J connectivity index is 2.31. The van der Waals surface area contributed by atoms with Gasteiger partial charge in [-0.2, -0.15) is 0 Å². The number of aryl methyl sites for hydroxylation is 2. The van der Waals surface area contributed by atoms with Gasteiger partial charge in [0.15, 0.2) is 5.69 Å². The molecule has 5 nitrogen and oxygen atoms in total. The van der Waals surface area contributed by atoms with Gasteiger partial charge in [-0.05, 0) is 31.0 Å². The maximum atomic E-state index is 10.8. The Morgan fingerprint density at radius 3 is 2.72 bits per heavy atom. The highest BCUT2D eigenvalue weighted by molar-refractivity contribution is 5.86. The summed E-state index contributed by atoms with van der Waals surface area (Å²) >= 11 is 0. The Labute approximate surface area is 105 Å². The third kappa shape index (κ3) is 2.63. The predicted octanol–water partition coefficient (Wildman–Crippen LogP) is 2.54. The first-order valence-corrected chi connectivity index (χ1v) is 5.46. The fourth-order valence-corrected chi connectivity index (χ4v) is 1.55. The highest BCUT2D eigenvalue weighted by atomic mass is 16.4. The Morgan fingerprint density at radius 1 is 1.22 bits per heavy atom. The molecule has 2 rings (SSSR count). The second-order valence-electron chi connectivity index (χ2n) is 4.04. The van der Waals surface area contributed by atoms with E-state index >= 15 is 0 Å². The van der Waals surface area contributed by atoms with Gasteiger partial charge < -0.3 is 10.4 Å². The number of rotatable bonds is 3. The number of hydrogen-bond donors (Lipinski definition) is 2. The van der Waals surface area contributed by atoms with Gasteiger partial charge in [0.2, 0.25) is 0 Å². The molecule has 0 fully saturated rings. The summed E-state index contributed by atoms with van der Waals surface area (Å²) in [6, 6.07) is 7.40. The van der Waals surface area contributed by atoms with Gasteiger partial charge in [0.1, 0.15) is 12.1 Å². The van der Waals surface area contributed by atoms with Crippen LogP contribution in [0, 0.1) is 13.8 Å². The molecule has 2 N–H and O–H groups in total. The second-order valence-corrected chi connectivity index (χ2v) is 4.04. The van der Waals surface area contributed by atoms with Gasteiger partial charge in [-0.1, -0.05) is 12.1 Å². The van der Waals surface area contributed by atoms with Gasteiger partial charge in [0, 0.05) is 11.8 Å². The van der Waals surface area contributed by atoms with Gasteiger partial charge in [0.25, 0.3) is 0 Å². The molecule has 0 amide bonds. The van der Waals surface area contributed by atoms with E-state index in [1.807, 2.05) is 32.0 Å². The van der Waals surface area contributed by atoms with Crippen LogP contribution in [0.2, 0.25) is 0 Å². The van der Waals surface area contributed by atoms with E-state index < -0.39 is 5.97 Å². The minimum atomic E-state index is -1.07. The topological polar surface area (TPSA) is 75.1 Å². The molecule has 0 aliphatic rings. The third-order valence-corrected chi connectivity index (χ3v) is 2.54. The van der Waals surface area contributed by atoms with Crippen LogP contribution in [0.4, 0.5) is 11.5 Å². The zero-order valence-corrected chi connectivity index (χ0v) is 10.1. The summed E-state index contributed by atoms with van der Waals surface area (Å²) in [7, 11) is 0. The van der Waals surface area contributed by atoms with E-state index in [0.29, 0.717) is 5.82 Å². The third-order valence-electron chi connectivity index (χ3n) is 2.54. The minimum Gasteiger partial charge on any atom is -0.477 e. The molecular formula is C13H13N3O2. The highest BCUT2D eigenvalue weighted by Gasteiger charge is 2.07. The molecule has 0 saturated heterocycles. The number of carboxylic acids is 1. The molecule has 5 heteroatoms. The lowest BCUT2D eigenvalue weighted by molar-refractivity contribution is 0.0690. The Morgan fingerprint density at radius 2 is 2.00 bits per heavy atom. The molecule has 0 atom stereocenters. The van der Waals surface area contributed by atoms with Crippen molar-refractivity contribution in [3.63, 3.8) is 0 Å². The van der Waals surface area contributed by atoms with Crippen molar-refractivity contribution >= 4 is 17.5 Å². The highest BCUT2D eigenvalue weighted by Crippen LogP contribution is 2.20. The summed E-state index contributed by atoms with van der Waals surface area (Å²) in [5.74, 6) is -0.600. The van der Waals surface area contributed by atoms with Crippen LogP contribution in [-0.2, 0) is 0 Å². The van der Waals surface area contributed by atoms with Crippen LogP contribution in [0.15, 0.2) is 30.6 Å². The van der Waals surface area contributed by atoms with Crippen LogP contribution in [-0.4, -0.2) is 21.0 Å². The number of nitrogens with one attached hydrogen (secondary N) is 1. The van der Waals surface area contributed by atoms with Crippen LogP contribution in [0.3, 0.4) is 0 Å². The van der Waals surface area contributed by atoms with Crippen molar-refractivity contribution in [1.29, 1.82) is 0 Å². The maximum absolute atomic E-state index is 10.8. The first kappa shape index (κ1) is 12.0. The number of hydrogen-bond acceptors (Lipinski definition) is 4. The van der Waals surface area contributed by atoms with Crippen molar-refractivity contribution in [2.75, 3.05) is 5.32 Å². The molecule has 0 saturated carbocycles. The summed E-state index contributed by atoms with van der Waals surface area (Å²) in [4.78, 5) is 18.5. The van der Waals surface area contributed by atoms with E-state index in [9.17, 15) is 4.79 Å². The van der Waals surface area contributed by atoms with Gasteiger partial charge in [-0.3, -0.25) is 0 Å². The predicted molar refractivity (Wildman–Crippen MR) is 68.2 cm³/mol. The Hall–Kier alpha value is -2.43. The quantitative estimate of drug-likeness (QED) is 0.866. The Bertz CT molecular complexity index is 597. The Kier molecular flexibility index (Phi) is 3.23. The lowest BCUT2D eigenvalue weighted by atomic mass is 10.1. The summed E-state index contributed by atoms with van der Waals surface area (Å²) in [5, 5.41) is 11.9. The van der Waals surface area contributed by atoms with Crippen LogP contribution < -0.4 is 5.32 Å². The van der Waals surface area contributed by atoms with Crippen LogP contribution in [0.5, 0.6) is 0 Å². The second kappa shape index (κ2) is 4.83. The SMILES string of the molecule is Cc1ccc(C)c(Nc2cc(C(=O)O)ncn2)c1. The molecule has 0 aliphatic heterocycles. The summed E-state index contributed by atoms with van der Waals surface area (Å²) < 4.78 is 0. The fraction of sp³-hybridized carbons (Fsp3) is 0.154. The summed E-state index contributed by atoms with van der Waals surface area (Å²) in [6.07, 6.45) is 1.23. The molecule has 1 aromatic carbocycles. The van der Waals surface area contributed by atoms with E-state index in [-0.39, 0.29) is 5.69 Å². The minimum absolute atomic E-state index is 0.0298. The standard InChI is InChI=1S/C13H13N3O2/c1-8-3-4-9(2)10(5-8)16-12-6-11(13(17)18)14-7-15-12/h3-7H,1-2H3,(H,17,18)(H,14,15,16). The molecule has 0 aliphatic carbocycles. The first-order chi connectivity index (χ1) is 8.56. The van der Waals surface area contributed by atoms with E-state index in [0.717, 1.165) is 16.8 Å². The zero-order valence-electron chi connectivity index (χ0n) is 10.1. The van der Waals surface area contributed by atoms with E-state index in [1.54, 1.807) is 0 Å². The van der Waals surface area contributed by atoms with E-state index in [2.05, 4.69) is 15.3 Å². The van der Waals surface area contributed by atoms with Crippen molar-refractivity contribution in [3.8, 4) is 0 Å². The molecule has 0 radical (unpaired) electrons. The number of benzene rings is 1. The van der Waals surface area contributed by atoms with Crippen LogP contribution >= 0.6 is 0 Å². The van der Waals surface area contributed by atoms with Crippen molar-refractivity contribution in [3.05, 3.63) is 47.4 Å². The lowest BCUT2D eigenvalue weighted by Crippen LogP contribution is -2.03. The van der Waals surface area contributed by atoms with Crippen molar-refractivity contribution in [1.82, 2.24) is 9.97 Å². The first-order valence-electron chi connectivity index (χ1n) is 5.46. The smallest absolute Gasteiger partial charge is 0.354 e. The lowest BCUT2D eigenvalue weighted by Gasteiger charge is -2.09. The number of aromatic carboxylic acids is 1. The van der Waals surface area contributed by atoms with Gasteiger partial charge in [-0.15, -0.1) is 0 Å². The monoisotopic (exact) mass is 243 g/mol. The number of aromatic nitrogens is 2. The van der Waals surface area contributed by atoms with E-state index in [4.69, 9.17) is 5.11 Å². The molecule has 2 aromatic rings. The zero-order chi connectivity index (χ0) is 13.1. The fourth-order valence-electron chi connectivity index (χ4n) is 1.55. The molecule has 1 heterocycles. The molecule has 0 spiro atoms. The molecule has 92 valence electrons. The van der Waals surface area contributed by atoms with Gasteiger partial charge in [-0.25, -0.2) is 14.8 Å². The normalized spacial score (nSPS) is 10.1. The van der Waals surface area contributed by atoms with Crippen LogP contribution in [0.1, 0.15) is 21.6 Å². The average molecular weight is 243 g/mol. The number of carboxylic acid groups (broad SMARTS) is 1. The molecular weight excluding hydrogens is 230 g/mol. The van der Waals surface area contributed by atoms with Crippen molar-refractivity contribution < 1.29 is 9.90 Å².